The molecule has 0 heterocycles. The minimum atomic E-state index is -0.433. The molecule has 0 aliphatic heterocycles. The van der Waals surface area contributed by atoms with E-state index < -0.39 is 11.9 Å². The number of rotatable bonds is 6. The molecule has 0 bridgehead atoms. The van der Waals surface area contributed by atoms with Crippen LogP contribution in [-0.4, -0.2) is 24.2 Å². The van der Waals surface area contributed by atoms with Crippen molar-refractivity contribution in [2.75, 3.05) is 17.7 Å². The van der Waals surface area contributed by atoms with Gasteiger partial charge in [-0.25, -0.2) is 0 Å². The number of hydrogen-bond acceptors (Lipinski definition) is 4. The molecule has 0 radical (unpaired) electrons. The molecular weight excluding hydrogens is 370 g/mol. The number of hydrogen-bond donors (Lipinski definition) is 1. The lowest BCUT2D eigenvalue weighted by Crippen LogP contribution is -2.22. The first-order chi connectivity index (χ1) is 12.3. The molecule has 2 rings (SSSR count). The lowest BCUT2D eigenvalue weighted by Gasteiger charge is -2.12. The van der Waals surface area contributed by atoms with Gasteiger partial charge in [0, 0.05) is 4.90 Å². The third-order valence-corrected chi connectivity index (χ3v) is 5.18. The molecule has 2 aromatic rings. The average molecular weight is 392 g/mol. The average Bonchev–Trinajstić information content (AvgIpc) is 2.57. The van der Waals surface area contributed by atoms with Crippen LogP contribution < -0.4 is 5.32 Å². The fourth-order valence-electron chi connectivity index (χ4n) is 2.44. The first kappa shape index (κ1) is 20.3. The van der Waals surface area contributed by atoms with Gasteiger partial charge in [0.1, 0.15) is 0 Å². The van der Waals surface area contributed by atoms with E-state index in [-0.39, 0.29) is 12.4 Å². The second-order valence-electron chi connectivity index (χ2n) is 6.21. The predicted octanol–water partition coefficient (Wildman–Crippen LogP) is 4.85. The van der Waals surface area contributed by atoms with Crippen LogP contribution in [0.2, 0.25) is 5.02 Å². The molecule has 1 N–H and O–H groups in total. The molecule has 4 nitrogen and oxygen atoms in total. The molecular formula is C20H22ClNO3S. The van der Waals surface area contributed by atoms with Gasteiger partial charge in [-0.3, -0.25) is 9.59 Å². The van der Waals surface area contributed by atoms with Crippen molar-refractivity contribution < 1.29 is 14.3 Å². The van der Waals surface area contributed by atoms with Crippen LogP contribution in [0.1, 0.15) is 22.3 Å². The lowest BCUT2D eigenvalue weighted by molar-refractivity contribution is -0.144. The first-order valence-electron chi connectivity index (χ1n) is 8.18. The summed E-state index contributed by atoms with van der Waals surface area (Å²) in [4.78, 5) is 25.0. The van der Waals surface area contributed by atoms with Gasteiger partial charge in [-0.2, -0.15) is 0 Å². The van der Waals surface area contributed by atoms with Gasteiger partial charge in [0.25, 0.3) is 5.91 Å². The number of anilines is 1. The number of carbonyl (C=O) groups is 2. The third kappa shape index (κ3) is 5.78. The highest BCUT2D eigenvalue weighted by Gasteiger charge is 2.12. The van der Waals surface area contributed by atoms with Crippen molar-refractivity contribution in [2.45, 2.75) is 32.6 Å². The molecule has 6 heteroatoms. The van der Waals surface area contributed by atoms with Crippen LogP contribution in [0.15, 0.2) is 35.2 Å². The number of ether oxygens (including phenoxy) is 1. The molecule has 0 saturated carbocycles. The summed E-state index contributed by atoms with van der Waals surface area (Å²) in [6, 6.07) is 9.78. The maximum absolute atomic E-state index is 12.0. The van der Waals surface area contributed by atoms with Gasteiger partial charge in [-0.05, 0) is 56.5 Å². The molecule has 26 heavy (non-hydrogen) atoms. The number of nitrogens with one attached hydrogen (secondary N) is 1. The summed E-state index contributed by atoms with van der Waals surface area (Å²) < 4.78 is 5.06. The third-order valence-electron chi connectivity index (χ3n) is 3.75. The Morgan fingerprint density at radius 3 is 2.46 bits per heavy atom. The van der Waals surface area contributed by atoms with Crippen LogP contribution in [0, 0.1) is 27.7 Å². The Balaban J connectivity index is 1.84. The molecule has 138 valence electrons. The second kappa shape index (κ2) is 9.10. The summed E-state index contributed by atoms with van der Waals surface area (Å²) in [6.07, 6.45) is 0. The molecule has 0 unspecified atom stereocenters. The van der Waals surface area contributed by atoms with Crippen molar-refractivity contribution in [3.63, 3.8) is 0 Å². The highest BCUT2D eigenvalue weighted by Crippen LogP contribution is 2.27. The van der Waals surface area contributed by atoms with Crippen molar-refractivity contribution in [1.29, 1.82) is 0 Å². The zero-order valence-electron chi connectivity index (χ0n) is 15.3. The maximum Gasteiger partial charge on any atom is 0.316 e. The molecule has 2 aromatic carbocycles. The SMILES string of the molecule is Cc1cc(C)c(NC(=O)COC(=O)CSc2cc(C)ccc2C)c(Cl)c1. The number of amides is 1. The van der Waals surface area contributed by atoms with Gasteiger partial charge >= 0.3 is 5.97 Å². The van der Waals surface area contributed by atoms with E-state index in [2.05, 4.69) is 5.32 Å². The summed E-state index contributed by atoms with van der Waals surface area (Å²) in [6.45, 7) is 7.45. The zero-order chi connectivity index (χ0) is 19.3. The number of aryl methyl sites for hydroxylation is 4. The van der Waals surface area contributed by atoms with Gasteiger partial charge in [-0.1, -0.05) is 35.4 Å². The molecule has 0 aliphatic carbocycles. The van der Waals surface area contributed by atoms with E-state index in [1.165, 1.54) is 11.8 Å². The van der Waals surface area contributed by atoms with Crippen LogP contribution >= 0.6 is 23.4 Å². The Kier molecular flexibility index (Phi) is 7.12. The van der Waals surface area contributed by atoms with E-state index >= 15 is 0 Å². The van der Waals surface area contributed by atoms with Crippen LogP contribution in [-0.2, 0) is 14.3 Å². The minimum absolute atomic E-state index is 0.155. The highest BCUT2D eigenvalue weighted by atomic mass is 35.5. The zero-order valence-corrected chi connectivity index (χ0v) is 16.9. The number of carbonyl (C=O) groups excluding carboxylic acids is 2. The van der Waals surface area contributed by atoms with Crippen molar-refractivity contribution in [1.82, 2.24) is 0 Å². The van der Waals surface area contributed by atoms with Gasteiger partial charge < -0.3 is 10.1 Å². The monoisotopic (exact) mass is 391 g/mol. The van der Waals surface area contributed by atoms with E-state index in [4.69, 9.17) is 16.3 Å². The Morgan fingerprint density at radius 1 is 1.04 bits per heavy atom. The van der Waals surface area contributed by atoms with Crippen LogP contribution in [0.25, 0.3) is 0 Å². The van der Waals surface area contributed by atoms with Crippen LogP contribution in [0.4, 0.5) is 5.69 Å². The van der Waals surface area contributed by atoms with E-state index in [1.54, 1.807) is 6.07 Å². The van der Waals surface area contributed by atoms with Crippen molar-refractivity contribution in [2.24, 2.45) is 0 Å². The standard InChI is InChI=1S/C20H22ClNO3S/c1-12-5-6-14(3)17(9-12)26-11-19(24)25-10-18(23)22-20-15(4)7-13(2)8-16(20)21/h5-9H,10-11H2,1-4H3,(H,22,23). The van der Waals surface area contributed by atoms with Gasteiger partial charge in [-0.15, -0.1) is 11.8 Å². The Morgan fingerprint density at radius 2 is 1.77 bits per heavy atom. The molecule has 0 aromatic heterocycles. The van der Waals surface area contributed by atoms with Crippen LogP contribution in [0.3, 0.4) is 0 Å². The lowest BCUT2D eigenvalue weighted by atomic mass is 10.1. The van der Waals surface area contributed by atoms with E-state index in [1.807, 2.05) is 52.0 Å². The normalized spacial score (nSPS) is 10.5. The summed E-state index contributed by atoms with van der Waals surface area (Å²) in [5.41, 5.74) is 4.66. The summed E-state index contributed by atoms with van der Waals surface area (Å²) in [5, 5.41) is 3.16. The van der Waals surface area contributed by atoms with Gasteiger partial charge in [0.05, 0.1) is 16.5 Å². The fourth-order valence-corrected chi connectivity index (χ4v) is 3.73. The maximum atomic E-state index is 12.0. The van der Waals surface area contributed by atoms with Crippen LogP contribution in [0.5, 0.6) is 0 Å². The van der Waals surface area contributed by atoms with Crippen molar-refractivity contribution in [3.8, 4) is 0 Å². The van der Waals surface area contributed by atoms with Gasteiger partial charge in [0.2, 0.25) is 0 Å². The second-order valence-corrected chi connectivity index (χ2v) is 7.63. The topological polar surface area (TPSA) is 55.4 Å². The quantitative estimate of drug-likeness (QED) is 0.565. The Bertz CT molecular complexity index is 813. The minimum Gasteiger partial charge on any atom is -0.455 e. The molecule has 0 spiro atoms. The smallest absolute Gasteiger partial charge is 0.316 e. The molecule has 0 fully saturated rings. The molecule has 0 aliphatic rings. The summed E-state index contributed by atoms with van der Waals surface area (Å²) in [7, 11) is 0. The number of benzene rings is 2. The Labute approximate surface area is 163 Å². The molecule has 0 saturated heterocycles. The molecule has 1 amide bonds. The van der Waals surface area contributed by atoms with E-state index in [9.17, 15) is 9.59 Å². The van der Waals surface area contributed by atoms with Gasteiger partial charge in [0.15, 0.2) is 6.61 Å². The number of halogens is 1. The number of thioether (sulfide) groups is 1. The first-order valence-corrected chi connectivity index (χ1v) is 9.55. The fraction of sp³-hybridized carbons (Fsp3) is 0.300. The van der Waals surface area contributed by atoms with Crippen molar-refractivity contribution >= 4 is 40.9 Å². The largest absolute Gasteiger partial charge is 0.455 e. The highest BCUT2D eigenvalue weighted by molar-refractivity contribution is 8.00. The summed E-state index contributed by atoms with van der Waals surface area (Å²) in [5.74, 6) is -0.691. The summed E-state index contributed by atoms with van der Waals surface area (Å²) >= 11 is 7.56. The van der Waals surface area contributed by atoms with E-state index in [0.29, 0.717) is 10.7 Å². The Hall–Kier alpha value is -1.98. The predicted molar refractivity (Wildman–Crippen MR) is 107 cm³/mol. The molecule has 0 atom stereocenters. The number of esters is 1. The van der Waals surface area contributed by atoms with Crippen molar-refractivity contribution in [3.05, 3.63) is 57.6 Å². The van der Waals surface area contributed by atoms with E-state index in [0.717, 1.165) is 27.1 Å².